The number of thioether (sulfide) groups is 1. The summed E-state index contributed by atoms with van der Waals surface area (Å²) in [5.41, 5.74) is 0. The summed E-state index contributed by atoms with van der Waals surface area (Å²) >= 11 is 1.72. The third kappa shape index (κ3) is 7.62. The molecule has 0 spiro atoms. The van der Waals surface area contributed by atoms with Crippen LogP contribution in [0.2, 0.25) is 0 Å². The SMILES string of the molecule is CSCCCNC(=O)O. The first-order valence-corrected chi connectivity index (χ1v) is 4.12. The average Bonchev–Trinajstić information content (AvgIpc) is 1.80. The zero-order valence-corrected chi connectivity index (χ0v) is 6.20. The van der Waals surface area contributed by atoms with Crippen molar-refractivity contribution in [1.82, 2.24) is 5.32 Å². The Labute approximate surface area is 58.8 Å². The van der Waals surface area contributed by atoms with Crippen LogP contribution in [0.1, 0.15) is 6.42 Å². The van der Waals surface area contributed by atoms with Crippen LogP contribution in [-0.4, -0.2) is 29.8 Å². The monoisotopic (exact) mass is 149 g/mol. The lowest BCUT2D eigenvalue weighted by molar-refractivity contribution is 0.194. The van der Waals surface area contributed by atoms with E-state index in [9.17, 15) is 4.79 Å². The van der Waals surface area contributed by atoms with Crippen molar-refractivity contribution < 1.29 is 9.90 Å². The summed E-state index contributed by atoms with van der Waals surface area (Å²) in [5, 5.41) is 10.4. The lowest BCUT2D eigenvalue weighted by Crippen LogP contribution is -2.22. The van der Waals surface area contributed by atoms with Crippen molar-refractivity contribution in [2.24, 2.45) is 0 Å². The summed E-state index contributed by atoms with van der Waals surface area (Å²) < 4.78 is 0. The highest BCUT2D eigenvalue weighted by atomic mass is 32.2. The van der Waals surface area contributed by atoms with Gasteiger partial charge in [-0.15, -0.1) is 0 Å². The molecule has 0 rings (SSSR count). The quantitative estimate of drug-likeness (QED) is 0.586. The molecular weight excluding hydrogens is 138 g/mol. The van der Waals surface area contributed by atoms with Crippen LogP contribution in [0.25, 0.3) is 0 Å². The Morgan fingerprint density at radius 2 is 2.44 bits per heavy atom. The molecular formula is C5H11NO2S. The van der Waals surface area contributed by atoms with Gasteiger partial charge in [-0.2, -0.15) is 11.8 Å². The zero-order valence-electron chi connectivity index (χ0n) is 5.39. The smallest absolute Gasteiger partial charge is 0.404 e. The predicted molar refractivity (Wildman–Crippen MR) is 39.0 cm³/mol. The van der Waals surface area contributed by atoms with Gasteiger partial charge in [0.2, 0.25) is 0 Å². The third-order valence-corrected chi connectivity index (χ3v) is 1.50. The molecule has 0 radical (unpaired) electrons. The number of carboxylic acid groups (broad SMARTS) is 1. The van der Waals surface area contributed by atoms with Crippen molar-refractivity contribution in [2.75, 3.05) is 18.6 Å². The Morgan fingerprint density at radius 3 is 2.89 bits per heavy atom. The van der Waals surface area contributed by atoms with E-state index in [1.54, 1.807) is 11.8 Å². The lowest BCUT2D eigenvalue weighted by atomic mass is 10.5. The van der Waals surface area contributed by atoms with Crippen LogP contribution in [0, 0.1) is 0 Å². The number of amides is 1. The summed E-state index contributed by atoms with van der Waals surface area (Å²) in [7, 11) is 0. The van der Waals surface area contributed by atoms with Gasteiger partial charge in [0, 0.05) is 6.54 Å². The molecule has 0 bridgehead atoms. The van der Waals surface area contributed by atoms with Gasteiger partial charge in [-0.05, 0) is 18.4 Å². The van der Waals surface area contributed by atoms with Gasteiger partial charge in [-0.25, -0.2) is 4.79 Å². The molecule has 0 heterocycles. The standard InChI is InChI=1S/C5H11NO2S/c1-9-4-2-3-6-5(7)8/h6H,2-4H2,1H3,(H,7,8). The van der Waals surface area contributed by atoms with Gasteiger partial charge in [0.05, 0.1) is 0 Å². The second-order valence-electron chi connectivity index (χ2n) is 1.58. The Hall–Kier alpha value is -0.380. The summed E-state index contributed by atoms with van der Waals surface area (Å²) in [6, 6.07) is 0. The molecule has 0 aromatic rings. The summed E-state index contributed by atoms with van der Waals surface area (Å²) in [4.78, 5) is 9.84. The van der Waals surface area contributed by atoms with E-state index in [0.29, 0.717) is 6.54 Å². The second kappa shape index (κ2) is 5.75. The summed E-state index contributed by atoms with van der Waals surface area (Å²) in [5.74, 6) is 1.01. The van der Waals surface area contributed by atoms with E-state index in [0.717, 1.165) is 12.2 Å². The van der Waals surface area contributed by atoms with E-state index < -0.39 is 6.09 Å². The van der Waals surface area contributed by atoms with Crippen molar-refractivity contribution >= 4 is 17.9 Å². The maximum absolute atomic E-state index is 9.84. The summed E-state index contributed by atoms with van der Waals surface area (Å²) in [6.45, 7) is 0.566. The highest BCUT2D eigenvalue weighted by molar-refractivity contribution is 7.98. The Bertz CT molecular complexity index is 87.0. The van der Waals surface area contributed by atoms with Crippen LogP contribution < -0.4 is 5.32 Å². The second-order valence-corrected chi connectivity index (χ2v) is 2.56. The molecule has 1 amide bonds. The molecule has 9 heavy (non-hydrogen) atoms. The van der Waals surface area contributed by atoms with Crippen molar-refractivity contribution in [2.45, 2.75) is 6.42 Å². The highest BCUT2D eigenvalue weighted by Crippen LogP contribution is 1.92. The minimum atomic E-state index is -0.934. The predicted octanol–water partition coefficient (Wildman–Crippen LogP) is 1.01. The molecule has 0 saturated carbocycles. The minimum Gasteiger partial charge on any atom is -0.465 e. The number of hydrogen-bond donors (Lipinski definition) is 2. The van der Waals surface area contributed by atoms with Gasteiger partial charge in [-0.1, -0.05) is 0 Å². The molecule has 0 aliphatic carbocycles. The van der Waals surface area contributed by atoms with E-state index in [4.69, 9.17) is 5.11 Å². The maximum atomic E-state index is 9.84. The van der Waals surface area contributed by atoms with E-state index in [1.807, 2.05) is 6.26 Å². The first kappa shape index (κ1) is 8.62. The lowest BCUT2D eigenvalue weighted by Gasteiger charge is -1.96. The maximum Gasteiger partial charge on any atom is 0.404 e. The van der Waals surface area contributed by atoms with Crippen LogP contribution >= 0.6 is 11.8 Å². The van der Waals surface area contributed by atoms with Gasteiger partial charge in [0.1, 0.15) is 0 Å². The number of carbonyl (C=O) groups is 1. The molecule has 0 unspecified atom stereocenters. The van der Waals surface area contributed by atoms with Crippen molar-refractivity contribution in [3.05, 3.63) is 0 Å². The van der Waals surface area contributed by atoms with Crippen molar-refractivity contribution in [1.29, 1.82) is 0 Å². The molecule has 0 fully saturated rings. The van der Waals surface area contributed by atoms with E-state index in [-0.39, 0.29) is 0 Å². The topological polar surface area (TPSA) is 49.3 Å². The van der Waals surface area contributed by atoms with Crippen LogP contribution in [-0.2, 0) is 0 Å². The van der Waals surface area contributed by atoms with Gasteiger partial charge in [0.25, 0.3) is 0 Å². The molecule has 4 heteroatoms. The molecule has 0 saturated heterocycles. The number of nitrogens with one attached hydrogen (secondary N) is 1. The molecule has 0 aromatic heterocycles. The van der Waals surface area contributed by atoms with Crippen molar-refractivity contribution in [3.8, 4) is 0 Å². The first-order valence-electron chi connectivity index (χ1n) is 2.73. The number of hydrogen-bond acceptors (Lipinski definition) is 2. The highest BCUT2D eigenvalue weighted by Gasteiger charge is 1.90. The molecule has 2 N–H and O–H groups in total. The number of rotatable bonds is 4. The molecule has 0 aromatic carbocycles. The van der Waals surface area contributed by atoms with Gasteiger partial charge >= 0.3 is 6.09 Å². The van der Waals surface area contributed by atoms with Crippen LogP contribution in [0.3, 0.4) is 0 Å². The van der Waals surface area contributed by atoms with Crippen LogP contribution in [0.15, 0.2) is 0 Å². The molecule has 54 valence electrons. The molecule has 0 aliphatic rings. The van der Waals surface area contributed by atoms with E-state index in [2.05, 4.69) is 5.32 Å². The first-order chi connectivity index (χ1) is 4.27. The minimum absolute atomic E-state index is 0.566. The van der Waals surface area contributed by atoms with Gasteiger partial charge in [0.15, 0.2) is 0 Å². The fourth-order valence-electron chi connectivity index (χ4n) is 0.412. The Morgan fingerprint density at radius 1 is 1.78 bits per heavy atom. The normalized spacial score (nSPS) is 9.00. The van der Waals surface area contributed by atoms with Crippen molar-refractivity contribution in [3.63, 3.8) is 0 Å². The molecule has 3 nitrogen and oxygen atoms in total. The fraction of sp³-hybridized carbons (Fsp3) is 0.800. The van der Waals surface area contributed by atoms with E-state index in [1.165, 1.54) is 0 Å². The molecule has 0 atom stereocenters. The van der Waals surface area contributed by atoms with Crippen LogP contribution in [0.4, 0.5) is 4.79 Å². The Kier molecular flexibility index (Phi) is 5.51. The fourth-order valence-corrected chi connectivity index (χ4v) is 0.845. The van der Waals surface area contributed by atoms with Gasteiger partial charge < -0.3 is 10.4 Å². The largest absolute Gasteiger partial charge is 0.465 e. The van der Waals surface area contributed by atoms with Crippen LogP contribution in [0.5, 0.6) is 0 Å². The van der Waals surface area contributed by atoms with Gasteiger partial charge in [-0.3, -0.25) is 0 Å². The van der Waals surface area contributed by atoms with E-state index >= 15 is 0 Å². The third-order valence-electron chi connectivity index (χ3n) is 0.801. The zero-order chi connectivity index (χ0) is 7.11. The summed E-state index contributed by atoms with van der Waals surface area (Å²) in [6.07, 6.45) is 1.98. The Balaban J connectivity index is 2.83. The average molecular weight is 149 g/mol. The molecule has 0 aliphatic heterocycles.